The highest BCUT2D eigenvalue weighted by atomic mass is 19.1. The second kappa shape index (κ2) is 8.55. The summed E-state index contributed by atoms with van der Waals surface area (Å²) in [5, 5.41) is 4.74. The molecule has 2 N–H and O–H groups in total. The first kappa shape index (κ1) is 18.8. The zero-order valence-electron chi connectivity index (χ0n) is 13.8. The van der Waals surface area contributed by atoms with Gasteiger partial charge in [-0.15, -0.1) is 0 Å². The maximum Gasteiger partial charge on any atom is 0.344 e. The number of urea groups is 1. The van der Waals surface area contributed by atoms with Gasteiger partial charge in [-0.1, -0.05) is 25.8 Å². The van der Waals surface area contributed by atoms with Crippen molar-refractivity contribution in [2.75, 3.05) is 6.61 Å². The molecule has 6 nitrogen and oxygen atoms in total. The number of ether oxygens (including phenoxy) is 1. The first-order chi connectivity index (χ1) is 11.9. The van der Waals surface area contributed by atoms with E-state index in [2.05, 4.69) is 10.1 Å². The SMILES string of the molecule is C[C@@H]1CCCC[C@H]1NC(=O)NC(=O)COC(=O)c1c(F)cccc1F. The van der Waals surface area contributed by atoms with E-state index in [1.54, 1.807) is 0 Å². The standard InChI is InChI=1S/C17H20F2N2O4/c1-10-5-2-3-8-13(10)20-17(24)21-14(22)9-25-16(23)15-11(18)6-4-7-12(15)19/h4,6-7,10,13H,2-3,5,8-9H2,1H3,(H2,20,21,22,24)/t10-,13-/m1/s1. The van der Waals surface area contributed by atoms with Crippen LogP contribution in [-0.2, 0) is 9.53 Å². The number of carbonyl (C=O) groups is 3. The first-order valence-corrected chi connectivity index (χ1v) is 8.10. The molecule has 0 radical (unpaired) electrons. The summed E-state index contributed by atoms with van der Waals surface area (Å²) in [4.78, 5) is 35.1. The van der Waals surface area contributed by atoms with Crippen LogP contribution in [0.3, 0.4) is 0 Å². The molecule has 0 aromatic heterocycles. The van der Waals surface area contributed by atoms with Crippen LogP contribution in [0, 0.1) is 17.6 Å². The minimum absolute atomic E-state index is 0.0170. The number of amides is 3. The molecule has 25 heavy (non-hydrogen) atoms. The molecule has 0 saturated heterocycles. The molecule has 1 saturated carbocycles. The predicted octanol–water partition coefficient (Wildman–Crippen LogP) is 2.53. The van der Waals surface area contributed by atoms with E-state index in [9.17, 15) is 23.2 Å². The minimum atomic E-state index is -1.31. The van der Waals surface area contributed by atoms with E-state index in [0.717, 1.165) is 43.9 Å². The van der Waals surface area contributed by atoms with Gasteiger partial charge in [-0.25, -0.2) is 18.4 Å². The van der Waals surface area contributed by atoms with Crippen LogP contribution in [0.1, 0.15) is 43.0 Å². The number of benzene rings is 1. The molecule has 136 valence electrons. The van der Waals surface area contributed by atoms with Crippen molar-refractivity contribution in [3.8, 4) is 0 Å². The van der Waals surface area contributed by atoms with Crippen LogP contribution >= 0.6 is 0 Å². The number of halogens is 2. The molecular weight excluding hydrogens is 334 g/mol. The predicted molar refractivity (Wildman–Crippen MR) is 84.7 cm³/mol. The van der Waals surface area contributed by atoms with Crippen molar-refractivity contribution in [1.82, 2.24) is 10.6 Å². The van der Waals surface area contributed by atoms with Crippen molar-refractivity contribution in [2.24, 2.45) is 5.92 Å². The van der Waals surface area contributed by atoms with Crippen molar-refractivity contribution in [2.45, 2.75) is 38.6 Å². The van der Waals surface area contributed by atoms with Crippen molar-refractivity contribution >= 4 is 17.9 Å². The molecular formula is C17H20F2N2O4. The maximum absolute atomic E-state index is 13.4. The van der Waals surface area contributed by atoms with Crippen molar-refractivity contribution in [3.63, 3.8) is 0 Å². The van der Waals surface area contributed by atoms with Gasteiger partial charge < -0.3 is 10.1 Å². The van der Waals surface area contributed by atoms with Crippen LogP contribution in [0.2, 0.25) is 0 Å². The van der Waals surface area contributed by atoms with Gasteiger partial charge in [0.05, 0.1) is 0 Å². The summed E-state index contributed by atoms with van der Waals surface area (Å²) < 4.78 is 31.4. The van der Waals surface area contributed by atoms with Crippen LogP contribution in [-0.4, -0.2) is 30.6 Å². The Labute approximate surface area is 143 Å². The first-order valence-electron chi connectivity index (χ1n) is 8.10. The fourth-order valence-corrected chi connectivity index (χ4v) is 2.79. The van der Waals surface area contributed by atoms with Crippen LogP contribution in [0.4, 0.5) is 13.6 Å². The normalized spacial score (nSPS) is 19.8. The van der Waals surface area contributed by atoms with E-state index in [0.29, 0.717) is 5.92 Å². The van der Waals surface area contributed by atoms with E-state index < -0.39 is 41.7 Å². The Kier molecular flexibility index (Phi) is 6.44. The molecule has 1 aromatic rings. The van der Waals surface area contributed by atoms with Gasteiger partial charge >= 0.3 is 12.0 Å². The molecule has 0 bridgehead atoms. The number of rotatable bonds is 4. The fourth-order valence-electron chi connectivity index (χ4n) is 2.79. The van der Waals surface area contributed by atoms with Gasteiger partial charge in [0.1, 0.15) is 17.2 Å². The molecule has 1 aliphatic carbocycles. The Morgan fingerprint density at radius 3 is 2.44 bits per heavy atom. The molecule has 2 atom stereocenters. The third-order valence-corrected chi connectivity index (χ3v) is 4.18. The Morgan fingerprint density at radius 1 is 1.16 bits per heavy atom. The highest BCUT2D eigenvalue weighted by molar-refractivity contribution is 5.97. The number of esters is 1. The van der Waals surface area contributed by atoms with E-state index in [1.807, 2.05) is 12.2 Å². The van der Waals surface area contributed by atoms with Gasteiger partial charge in [-0.05, 0) is 30.9 Å². The Hall–Kier alpha value is -2.51. The molecule has 0 heterocycles. The van der Waals surface area contributed by atoms with Gasteiger partial charge in [0.15, 0.2) is 6.61 Å². The molecule has 0 spiro atoms. The molecule has 3 amide bonds. The summed E-state index contributed by atoms with van der Waals surface area (Å²) in [5.74, 6) is -4.06. The van der Waals surface area contributed by atoms with Gasteiger partial charge in [0.25, 0.3) is 5.91 Å². The summed E-state index contributed by atoms with van der Waals surface area (Å²) >= 11 is 0. The quantitative estimate of drug-likeness (QED) is 0.814. The van der Waals surface area contributed by atoms with E-state index in [1.165, 1.54) is 0 Å². The van der Waals surface area contributed by atoms with Crippen LogP contribution < -0.4 is 10.6 Å². The fraction of sp³-hybridized carbons (Fsp3) is 0.471. The molecule has 1 aromatic carbocycles. The van der Waals surface area contributed by atoms with Gasteiger partial charge in [0, 0.05) is 6.04 Å². The van der Waals surface area contributed by atoms with Gasteiger partial charge in [-0.3, -0.25) is 10.1 Å². The lowest BCUT2D eigenvalue weighted by Gasteiger charge is -2.29. The topological polar surface area (TPSA) is 84.5 Å². The molecule has 8 heteroatoms. The highest BCUT2D eigenvalue weighted by Gasteiger charge is 2.24. The molecule has 0 aliphatic heterocycles. The molecule has 1 aliphatic rings. The number of hydrogen-bond donors (Lipinski definition) is 2. The van der Waals surface area contributed by atoms with Crippen molar-refractivity contribution < 1.29 is 27.9 Å². The Balaban J connectivity index is 1.80. The zero-order chi connectivity index (χ0) is 18.4. The van der Waals surface area contributed by atoms with E-state index in [4.69, 9.17) is 0 Å². The number of nitrogens with one attached hydrogen (secondary N) is 2. The molecule has 0 unspecified atom stereocenters. The highest BCUT2D eigenvalue weighted by Crippen LogP contribution is 2.23. The average molecular weight is 354 g/mol. The van der Waals surface area contributed by atoms with Gasteiger partial charge in [-0.2, -0.15) is 0 Å². The van der Waals surface area contributed by atoms with Crippen molar-refractivity contribution in [3.05, 3.63) is 35.4 Å². The number of imide groups is 1. The average Bonchev–Trinajstić information content (AvgIpc) is 2.55. The number of carbonyl (C=O) groups excluding carboxylic acids is 3. The largest absolute Gasteiger partial charge is 0.452 e. The smallest absolute Gasteiger partial charge is 0.344 e. The summed E-state index contributed by atoms with van der Waals surface area (Å²) in [7, 11) is 0. The second-order valence-corrected chi connectivity index (χ2v) is 6.06. The molecule has 2 rings (SSSR count). The second-order valence-electron chi connectivity index (χ2n) is 6.06. The summed E-state index contributed by atoms with van der Waals surface area (Å²) in [5.41, 5.74) is -0.879. The van der Waals surface area contributed by atoms with Crippen LogP contribution in [0.15, 0.2) is 18.2 Å². The van der Waals surface area contributed by atoms with Crippen LogP contribution in [0.25, 0.3) is 0 Å². The lowest BCUT2D eigenvalue weighted by atomic mass is 9.86. The Morgan fingerprint density at radius 2 is 1.80 bits per heavy atom. The third kappa shape index (κ3) is 5.23. The van der Waals surface area contributed by atoms with E-state index in [-0.39, 0.29) is 6.04 Å². The monoisotopic (exact) mass is 354 g/mol. The summed E-state index contributed by atoms with van der Waals surface area (Å²) in [6.45, 7) is 1.21. The van der Waals surface area contributed by atoms with Crippen LogP contribution in [0.5, 0.6) is 0 Å². The number of hydrogen-bond acceptors (Lipinski definition) is 4. The maximum atomic E-state index is 13.4. The van der Waals surface area contributed by atoms with E-state index >= 15 is 0 Å². The molecule has 1 fully saturated rings. The summed E-state index contributed by atoms with van der Waals surface area (Å²) in [6, 6.07) is 2.20. The lowest BCUT2D eigenvalue weighted by Crippen LogP contribution is -2.48. The summed E-state index contributed by atoms with van der Waals surface area (Å²) in [6.07, 6.45) is 3.96. The van der Waals surface area contributed by atoms with Crippen molar-refractivity contribution in [1.29, 1.82) is 0 Å². The lowest BCUT2D eigenvalue weighted by molar-refractivity contribution is -0.123. The Bertz CT molecular complexity index is 646. The van der Waals surface area contributed by atoms with Gasteiger partial charge in [0.2, 0.25) is 0 Å². The third-order valence-electron chi connectivity index (χ3n) is 4.18. The minimum Gasteiger partial charge on any atom is -0.452 e. The zero-order valence-corrected chi connectivity index (χ0v) is 13.8.